The minimum atomic E-state index is -4.41. The molecule has 2 amide bonds. The van der Waals surface area contributed by atoms with Crippen LogP contribution in [0, 0.1) is 11.6 Å². The molecule has 2 aromatic rings. The summed E-state index contributed by atoms with van der Waals surface area (Å²) in [4.78, 5) is 12.1. The van der Waals surface area contributed by atoms with E-state index in [4.69, 9.17) is 0 Å². The van der Waals surface area contributed by atoms with Gasteiger partial charge in [0.25, 0.3) is 0 Å². The van der Waals surface area contributed by atoms with Crippen molar-refractivity contribution < 1.29 is 26.7 Å². The van der Waals surface area contributed by atoms with Gasteiger partial charge in [-0.25, -0.2) is 13.6 Å². The molecule has 10 heteroatoms. The number of benzene rings is 1. The lowest BCUT2D eigenvalue weighted by molar-refractivity contribution is -0.142. The van der Waals surface area contributed by atoms with Crippen LogP contribution in [0.2, 0.25) is 0 Å². The number of carbonyl (C=O) groups is 1. The third-order valence-electron chi connectivity index (χ3n) is 3.99. The molecule has 0 spiro atoms. The third-order valence-corrected chi connectivity index (χ3v) is 3.99. The second-order valence-corrected chi connectivity index (χ2v) is 5.99. The van der Waals surface area contributed by atoms with E-state index >= 15 is 0 Å². The first-order chi connectivity index (χ1) is 12.2. The van der Waals surface area contributed by atoms with E-state index in [1.807, 2.05) is 0 Å². The lowest BCUT2D eigenvalue weighted by atomic mass is 9.94. The lowest BCUT2D eigenvalue weighted by Gasteiger charge is -2.22. The summed E-state index contributed by atoms with van der Waals surface area (Å²) >= 11 is 0. The molecule has 0 radical (unpaired) electrons. The maximum atomic E-state index is 13.6. The Morgan fingerprint density at radius 1 is 1.27 bits per heavy atom. The number of carbonyl (C=O) groups excluding carboxylic acids is 1. The highest BCUT2D eigenvalue weighted by atomic mass is 19.4. The van der Waals surface area contributed by atoms with E-state index < -0.39 is 42.1 Å². The molecule has 1 aromatic carbocycles. The van der Waals surface area contributed by atoms with Gasteiger partial charge in [0.2, 0.25) is 0 Å². The van der Waals surface area contributed by atoms with Gasteiger partial charge in [-0.2, -0.15) is 18.3 Å². The van der Waals surface area contributed by atoms with E-state index in [1.165, 1.54) is 6.20 Å². The van der Waals surface area contributed by atoms with Gasteiger partial charge in [-0.15, -0.1) is 0 Å². The van der Waals surface area contributed by atoms with E-state index in [9.17, 15) is 26.7 Å². The highest BCUT2D eigenvalue weighted by Crippen LogP contribution is 2.30. The zero-order chi connectivity index (χ0) is 18.9. The van der Waals surface area contributed by atoms with Crippen molar-refractivity contribution in [3.05, 3.63) is 47.3 Å². The first-order valence-electron chi connectivity index (χ1n) is 7.87. The van der Waals surface area contributed by atoms with Crippen molar-refractivity contribution >= 4 is 11.7 Å². The van der Waals surface area contributed by atoms with Gasteiger partial charge in [0.1, 0.15) is 23.9 Å². The number of fused-ring (bicyclic) bond motifs is 1. The molecule has 26 heavy (non-hydrogen) atoms. The molecule has 1 atom stereocenters. The zero-order valence-corrected chi connectivity index (χ0v) is 13.4. The van der Waals surface area contributed by atoms with Crippen LogP contribution in [0.5, 0.6) is 0 Å². The van der Waals surface area contributed by atoms with Crippen molar-refractivity contribution in [1.29, 1.82) is 0 Å². The van der Waals surface area contributed by atoms with Crippen LogP contribution in [0.4, 0.5) is 32.4 Å². The number of urea groups is 1. The lowest BCUT2D eigenvalue weighted by Crippen LogP contribution is -2.35. The number of aryl methyl sites for hydroxylation is 1. The van der Waals surface area contributed by atoms with Crippen LogP contribution in [-0.2, 0) is 13.0 Å². The Morgan fingerprint density at radius 2 is 1.96 bits per heavy atom. The van der Waals surface area contributed by atoms with E-state index in [2.05, 4.69) is 15.7 Å². The van der Waals surface area contributed by atoms with Gasteiger partial charge < -0.3 is 10.6 Å². The first kappa shape index (κ1) is 18.2. The van der Waals surface area contributed by atoms with Crippen molar-refractivity contribution in [1.82, 2.24) is 15.1 Å². The number of nitrogens with one attached hydrogen (secondary N) is 2. The molecule has 0 bridgehead atoms. The van der Waals surface area contributed by atoms with Gasteiger partial charge in [0.15, 0.2) is 0 Å². The van der Waals surface area contributed by atoms with Crippen molar-refractivity contribution in [3.63, 3.8) is 0 Å². The van der Waals surface area contributed by atoms with Gasteiger partial charge in [0, 0.05) is 6.20 Å². The standard InChI is InChI=1S/C16H15F5N4O/c17-10-4-2-5-11(18)14(10)23-15(26)22-12-6-1-3-9-7-25(24-13(9)12)8-16(19,20)21/h2,4-5,7,12H,1,3,6,8H2,(H2,22,23,26)/t12-/m1/s1. The van der Waals surface area contributed by atoms with Crippen LogP contribution < -0.4 is 10.6 Å². The second kappa shape index (κ2) is 6.93. The number of anilines is 1. The highest BCUT2D eigenvalue weighted by Gasteiger charge is 2.31. The Bertz CT molecular complexity index is 797. The molecule has 1 aromatic heterocycles. The summed E-state index contributed by atoms with van der Waals surface area (Å²) < 4.78 is 65.5. The van der Waals surface area contributed by atoms with Crippen LogP contribution in [0.25, 0.3) is 0 Å². The van der Waals surface area contributed by atoms with Crippen LogP contribution in [0.3, 0.4) is 0 Å². The van der Waals surface area contributed by atoms with Gasteiger partial charge in [-0.05, 0) is 37.0 Å². The average molecular weight is 374 g/mol. The Morgan fingerprint density at radius 3 is 2.62 bits per heavy atom. The Balaban J connectivity index is 1.72. The van der Waals surface area contributed by atoms with E-state index in [-0.39, 0.29) is 0 Å². The van der Waals surface area contributed by atoms with Crippen molar-refractivity contribution in [2.24, 2.45) is 0 Å². The molecule has 0 aliphatic heterocycles. The van der Waals surface area contributed by atoms with Crippen LogP contribution in [0.15, 0.2) is 24.4 Å². The molecule has 0 fully saturated rings. The fraction of sp³-hybridized carbons (Fsp3) is 0.375. The zero-order valence-electron chi connectivity index (χ0n) is 13.4. The number of nitrogens with zero attached hydrogens (tertiary/aromatic N) is 2. The van der Waals surface area contributed by atoms with E-state index in [0.717, 1.165) is 22.9 Å². The highest BCUT2D eigenvalue weighted by molar-refractivity contribution is 5.89. The molecule has 5 nitrogen and oxygen atoms in total. The fourth-order valence-corrected chi connectivity index (χ4v) is 2.93. The summed E-state index contributed by atoms with van der Waals surface area (Å²) in [6, 6.07) is 1.65. The van der Waals surface area contributed by atoms with Crippen LogP contribution in [0.1, 0.15) is 30.1 Å². The van der Waals surface area contributed by atoms with Gasteiger partial charge in [-0.1, -0.05) is 6.07 Å². The molecule has 0 saturated carbocycles. The largest absolute Gasteiger partial charge is 0.408 e. The quantitative estimate of drug-likeness (QED) is 0.800. The molecule has 1 aliphatic carbocycles. The monoisotopic (exact) mass is 374 g/mol. The molecule has 3 rings (SSSR count). The Kier molecular flexibility index (Phi) is 4.84. The van der Waals surface area contributed by atoms with E-state index in [0.29, 0.717) is 30.5 Å². The van der Waals surface area contributed by atoms with Crippen molar-refractivity contribution in [2.75, 3.05) is 5.32 Å². The van der Waals surface area contributed by atoms with Crippen molar-refractivity contribution in [3.8, 4) is 0 Å². The molecule has 1 heterocycles. The number of halogens is 5. The number of alkyl halides is 3. The topological polar surface area (TPSA) is 59.0 Å². The maximum Gasteiger partial charge on any atom is 0.408 e. The summed E-state index contributed by atoms with van der Waals surface area (Å²) in [6.45, 7) is -1.22. The Labute approximate surface area is 145 Å². The first-order valence-corrected chi connectivity index (χ1v) is 7.87. The summed E-state index contributed by atoms with van der Waals surface area (Å²) in [5.74, 6) is -1.86. The normalized spacial score (nSPS) is 16.9. The average Bonchev–Trinajstić information content (AvgIpc) is 2.92. The number of para-hydroxylation sites is 1. The van der Waals surface area contributed by atoms with Gasteiger partial charge in [0.05, 0.1) is 11.7 Å². The summed E-state index contributed by atoms with van der Waals surface area (Å²) in [5.41, 5.74) is 0.358. The molecular weight excluding hydrogens is 359 g/mol. The summed E-state index contributed by atoms with van der Waals surface area (Å²) in [6.07, 6.45) is -1.44. The number of hydrogen-bond donors (Lipinski definition) is 2. The molecule has 2 N–H and O–H groups in total. The number of hydrogen-bond acceptors (Lipinski definition) is 2. The smallest absolute Gasteiger partial charge is 0.329 e. The predicted octanol–water partition coefficient (Wildman–Crippen LogP) is 3.92. The number of aromatic nitrogens is 2. The molecule has 140 valence electrons. The van der Waals surface area contributed by atoms with Gasteiger partial charge in [-0.3, -0.25) is 4.68 Å². The minimum absolute atomic E-state index is 0.338. The number of amides is 2. The van der Waals surface area contributed by atoms with Crippen LogP contribution in [-0.4, -0.2) is 22.0 Å². The van der Waals surface area contributed by atoms with Gasteiger partial charge >= 0.3 is 12.2 Å². The summed E-state index contributed by atoms with van der Waals surface area (Å²) in [5, 5.41) is 8.52. The number of rotatable bonds is 3. The molecule has 0 unspecified atom stereocenters. The Hall–Kier alpha value is -2.65. The second-order valence-electron chi connectivity index (χ2n) is 5.99. The summed E-state index contributed by atoms with van der Waals surface area (Å²) in [7, 11) is 0. The molecular formula is C16H15F5N4O. The SMILES string of the molecule is O=C(Nc1c(F)cccc1F)N[C@@H]1CCCc2cn(CC(F)(F)F)nc21. The van der Waals surface area contributed by atoms with Crippen LogP contribution >= 0.6 is 0 Å². The van der Waals surface area contributed by atoms with E-state index in [1.54, 1.807) is 0 Å². The molecule has 0 saturated heterocycles. The maximum absolute atomic E-state index is 13.6. The third kappa shape index (κ3) is 4.12. The fourth-order valence-electron chi connectivity index (χ4n) is 2.93. The van der Waals surface area contributed by atoms with Crippen molar-refractivity contribution in [2.45, 2.75) is 38.0 Å². The predicted molar refractivity (Wildman–Crippen MR) is 82.5 cm³/mol. The minimum Gasteiger partial charge on any atom is -0.329 e. The molecule has 1 aliphatic rings.